The van der Waals surface area contributed by atoms with Crippen molar-refractivity contribution in [1.82, 2.24) is 10.2 Å². The van der Waals surface area contributed by atoms with Gasteiger partial charge >= 0.3 is 6.03 Å². The Bertz CT molecular complexity index is 697. The number of urea groups is 1. The van der Waals surface area contributed by atoms with Crippen molar-refractivity contribution < 1.29 is 9.53 Å². The quantitative estimate of drug-likeness (QED) is 0.812. The van der Waals surface area contributed by atoms with Gasteiger partial charge in [-0.15, -0.1) is 0 Å². The molecule has 5 heteroatoms. The third-order valence-corrected chi connectivity index (χ3v) is 4.75. The van der Waals surface area contributed by atoms with Gasteiger partial charge in [-0.3, -0.25) is 0 Å². The Morgan fingerprint density at radius 3 is 2.54 bits per heavy atom. The van der Waals surface area contributed by atoms with Gasteiger partial charge in [0.15, 0.2) is 0 Å². The largest absolute Gasteiger partial charge is 0.497 e. The molecule has 1 aliphatic heterocycles. The third kappa shape index (κ3) is 4.91. The van der Waals surface area contributed by atoms with Crippen molar-refractivity contribution >= 4 is 11.7 Å². The van der Waals surface area contributed by atoms with Crippen LogP contribution in [0.3, 0.4) is 0 Å². The highest BCUT2D eigenvalue weighted by atomic mass is 16.5. The Kier molecular flexibility index (Phi) is 6.36. The molecule has 1 fully saturated rings. The second-order valence-electron chi connectivity index (χ2n) is 6.50. The molecule has 1 aliphatic rings. The molecule has 1 heterocycles. The predicted molar refractivity (Wildman–Crippen MR) is 105 cm³/mol. The number of benzene rings is 2. The van der Waals surface area contributed by atoms with Gasteiger partial charge in [-0.2, -0.15) is 0 Å². The summed E-state index contributed by atoms with van der Waals surface area (Å²) in [5.74, 6) is 0.862. The monoisotopic (exact) mass is 353 g/mol. The van der Waals surface area contributed by atoms with Crippen LogP contribution in [-0.4, -0.2) is 50.8 Å². The van der Waals surface area contributed by atoms with Crippen LogP contribution in [0.4, 0.5) is 10.5 Å². The number of nitrogens with one attached hydrogen (secondary N) is 1. The highest BCUT2D eigenvalue weighted by Gasteiger charge is 2.21. The minimum Gasteiger partial charge on any atom is -0.497 e. The van der Waals surface area contributed by atoms with E-state index >= 15 is 0 Å². The molecule has 0 saturated carbocycles. The number of anilines is 1. The molecule has 2 aromatic rings. The van der Waals surface area contributed by atoms with Crippen molar-refractivity contribution in [3.63, 3.8) is 0 Å². The number of piperazine rings is 1. The summed E-state index contributed by atoms with van der Waals surface area (Å²) in [6.07, 6.45) is 1.95. The summed E-state index contributed by atoms with van der Waals surface area (Å²) in [6, 6.07) is 18.5. The van der Waals surface area contributed by atoms with Crippen molar-refractivity contribution in [3.05, 3.63) is 60.2 Å². The zero-order valence-electron chi connectivity index (χ0n) is 15.4. The molecular weight excluding hydrogens is 326 g/mol. The van der Waals surface area contributed by atoms with E-state index in [1.54, 1.807) is 7.11 Å². The lowest BCUT2D eigenvalue weighted by molar-refractivity contribution is 0.194. The van der Waals surface area contributed by atoms with Crippen molar-refractivity contribution in [2.24, 2.45) is 0 Å². The van der Waals surface area contributed by atoms with Crippen LogP contribution in [0.2, 0.25) is 0 Å². The molecule has 0 aliphatic carbocycles. The molecule has 2 amide bonds. The first-order valence-electron chi connectivity index (χ1n) is 9.22. The molecule has 0 radical (unpaired) electrons. The average molecular weight is 353 g/mol. The topological polar surface area (TPSA) is 44.8 Å². The minimum atomic E-state index is 0.0448. The number of rotatable bonds is 6. The SMILES string of the molecule is COc1cccc(N2CCN(C(=O)NCCCc3ccccc3)CC2)c1. The standard InChI is InChI=1S/C21H27N3O2/c1-26-20-11-5-10-19(17-20)23-13-15-24(16-14-23)21(25)22-12-6-9-18-7-3-2-4-8-18/h2-5,7-8,10-11,17H,6,9,12-16H2,1H3,(H,22,25). The van der Waals surface area contributed by atoms with Crippen molar-refractivity contribution in [2.75, 3.05) is 44.7 Å². The second kappa shape index (κ2) is 9.13. The molecule has 0 bridgehead atoms. The van der Waals surface area contributed by atoms with E-state index in [4.69, 9.17) is 4.74 Å². The molecule has 138 valence electrons. The Labute approximate surface area is 155 Å². The van der Waals surface area contributed by atoms with E-state index in [-0.39, 0.29) is 6.03 Å². The van der Waals surface area contributed by atoms with E-state index < -0.39 is 0 Å². The number of ether oxygens (including phenoxy) is 1. The van der Waals surface area contributed by atoms with Crippen LogP contribution in [-0.2, 0) is 6.42 Å². The molecular formula is C21H27N3O2. The first-order chi connectivity index (χ1) is 12.8. The predicted octanol–water partition coefficient (Wildman–Crippen LogP) is 3.16. The van der Waals surface area contributed by atoms with Gasteiger partial charge in [0.1, 0.15) is 5.75 Å². The minimum absolute atomic E-state index is 0.0448. The van der Waals surface area contributed by atoms with Crippen molar-refractivity contribution in [3.8, 4) is 5.75 Å². The lowest BCUT2D eigenvalue weighted by atomic mass is 10.1. The van der Waals surface area contributed by atoms with Crippen molar-refractivity contribution in [1.29, 1.82) is 0 Å². The van der Waals surface area contributed by atoms with Crippen LogP contribution in [0.5, 0.6) is 5.75 Å². The van der Waals surface area contributed by atoms with Crippen LogP contribution in [0.1, 0.15) is 12.0 Å². The van der Waals surface area contributed by atoms with E-state index in [9.17, 15) is 4.79 Å². The number of hydrogen-bond donors (Lipinski definition) is 1. The molecule has 5 nitrogen and oxygen atoms in total. The van der Waals surface area contributed by atoms with Crippen LogP contribution in [0.25, 0.3) is 0 Å². The number of amides is 2. The van der Waals surface area contributed by atoms with Gasteiger partial charge in [-0.1, -0.05) is 36.4 Å². The lowest BCUT2D eigenvalue weighted by Gasteiger charge is -2.36. The normalized spacial score (nSPS) is 14.2. The number of carbonyl (C=O) groups is 1. The highest BCUT2D eigenvalue weighted by Crippen LogP contribution is 2.22. The van der Waals surface area contributed by atoms with Gasteiger partial charge in [0.25, 0.3) is 0 Å². The van der Waals surface area contributed by atoms with E-state index in [1.807, 2.05) is 29.2 Å². The number of aryl methyl sites for hydroxylation is 1. The fourth-order valence-corrected chi connectivity index (χ4v) is 3.22. The summed E-state index contributed by atoms with van der Waals surface area (Å²) in [5, 5.41) is 3.04. The molecule has 26 heavy (non-hydrogen) atoms. The van der Waals surface area contributed by atoms with Gasteiger partial charge < -0.3 is 19.9 Å². The Morgan fingerprint density at radius 2 is 1.81 bits per heavy atom. The maximum absolute atomic E-state index is 12.3. The molecule has 0 spiro atoms. The number of methoxy groups -OCH3 is 1. The molecule has 2 aromatic carbocycles. The molecule has 1 saturated heterocycles. The van der Waals surface area contributed by atoms with E-state index in [2.05, 4.69) is 40.5 Å². The average Bonchev–Trinajstić information content (AvgIpc) is 2.72. The first kappa shape index (κ1) is 18.1. The van der Waals surface area contributed by atoms with Crippen LogP contribution >= 0.6 is 0 Å². The summed E-state index contributed by atoms with van der Waals surface area (Å²) in [4.78, 5) is 16.5. The van der Waals surface area contributed by atoms with Crippen molar-refractivity contribution in [2.45, 2.75) is 12.8 Å². The molecule has 0 unspecified atom stereocenters. The van der Waals surface area contributed by atoms with E-state index in [1.165, 1.54) is 5.56 Å². The number of hydrogen-bond acceptors (Lipinski definition) is 3. The molecule has 0 aromatic heterocycles. The molecule has 0 atom stereocenters. The molecule has 3 rings (SSSR count). The molecule has 1 N–H and O–H groups in total. The second-order valence-corrected chi connectivity index (χ2v) is 6.50. The Hall–Kier alpha value is -2.69. The van der Waals surface area contributed by atoms with Gasteiger partial charge in [-0.05, 0) is 30.5 Å². The van der Waals surface area contributed by atoms with Gasteiger partial charge in [0, 0.05) is 44.5 Å². The van der Waals surface area contributed by atoms with Gasteiger partial charge in [0.05, 0.1) is 7.11 Å². The van der Waals surface area contributed by atoms with E-state index in [0.717, 1.165) is 50.5 Å². The lowest BCUT2D eigenvalue weighted by Crippen LogP contribution is -2.52. The summed E-state index contributed by atoms with van der Waals surface area (Å²) < 4.78 is 5.29. The number of carbonyl (C=O) groups excluding carboxylic acids is 1. The zero-order chi connectivity index (χ0) is 18.2. The third-order valence-electron chi connectivity index (χ3n) is 4.75. The fourth-order valence-electron chi connectivity index (χ4n) is 3.22. The van der Waals surface area contributed by atoms with Crippen LogP contribution in [0.15, 0.2) is 54.6 Å². The summed E-state index contributed by atoms with van der Waals surface area (Å²) in [7, 11) is 1.68. The number of nitrogens with zero attached hydrogens (tertiary/aromatic N) is 2. The fraction of sp³-hybridized carbons (Fsp3) is 0.381. The smallest absolute Gasteiger partial charge is 0.317 e. The summed E-state index contributed by atoms with van der Waals surface area (Å²) in [5.41, 5.74) is 2.46. The highest BCUT2D eigenvalue weighted by molar-refractivity contribution is 5.74. The Morgan fingerprint density at radius 1 is 1.04 bits per heavy atom. The first-order valence-corrected chi connectivity index (χ1v) is 9.22. The maximum atomic E-state index is 12.3. The Balaban J connectivity index is 1.39. The maximum Gasteiger partial charge on any atom is 0.317 e. The summed E-state index contributed by atoms with van der Waals surface area (Å²) in [6.45, 7) is 3.86. The van der Waals surface area contributed by atoms with Crippen LogP contribution < -0.4 is 15.0 Å². The summed E-state index contributed by atoms with van der Waals surface area (Å²) >= 11 is 0. The van der Waals surface area contributed by atoms with Gasteiger partial charge in [0.2, 0.25) is 0 Å². The van der Waals surface area contributed by atoms with E-state index in [0.29, 0.717) is 6.54 Å². The van der Waals surface area contributed by atoms with Crippen LogP contribution in [0, 0.1) is 0 Å². The van der Waals surface area contributed by atoms with Gasteiger partial charge in [-0.25, -0.2) is 4.79 Å². The zero-order valence-corrected chi connectivity index (χ0v) is 15.4.